The van der Waals surface area contributed by atoms with Crippen molar-refractivity contribution in [2.24, 2.45) is 0 Å². The second-order valence-corrected chi connectivity index (χ2v) is 3.67. The molecule has 1 aromatic rings. The van der Waals surface area contributed by atoms with Gasteiger partial charge in [0.15, 0.2) is 0 Å². The summed E-state index contributed by atoms with van der Waals surface area (Å²) in [5, 5.41) is 9.72. The van der Waals surface area contributed by atoms with Crippen LogP contribution in [0, 0.1) is 0 Å². The number of aromatic carboxylic acids is 1. The average Bonchev–Trinajstić information content (AvgIpc) is 2.15. The maximum absolute atomic E-state index is 11.0. The molecular weight excluding hydrogens is 269 g/mol. The Kier molecular flexibility index (Phi) is 3.89. The number of carboxylic acid groups (broad SMARTS) is 1. The number of carboxylic acids is 1. The Morgan fingerprint density at radius 1 is 1.71 bits per heavy atom. The molecule has 0 aliphatic heterocycles. The van der Waals surface area contributed by atoms with E-state index in [1.54, 1.807) is 6.07 Å². The van der Waals surface area contributed by atoms with E-state index in [1.807, 2.05) is 6.92 Å². The molecule has 3 nitrogen and oxygen atoms in total. The highest BCUT2D eigenvalue weighted by Crippen LogP contribution is 2.20. The molecule has 0 aromatic carbocycles. The van der Waals surface area contributed by atoms with Gasteiger partial charge in [-0.2, -0.15) is 0 Å². The van der Waals surface area contributed by atoms with Gasteiger partial charge in [-0.1, -0.05) is 34.5 Å². The van der Waals surface area contributed by atoms with Crippen molar-refractivity contribution in [3.8, 4) is 0 Å². The Morgan fingerprint density at radius 2 is 2.36 bits per heavy atom. The third-order valence-electron chi connectivity index (χ3n) is 1.87. The summed E-state index contributed by atoms with van der Waals surface area (Å²) in [6.45, 7) is 1.89. The fraction of sp³-hybridized carbons (Fsp3) is 0.333. The van der Waals surface area contributed by atoms with E-state index in [0.717, 1.165) is 0 Å². The van der Waals surface area contributed by atoms with Crippen LogP contribution < -0.4 is 0 Å². The largest absolute Gasteiger partial charge is 0.478 e. The zero-order chi connectivity index (χ0) is 10.7. The molecule has 1 aromatic heterocycles. The number of carbonyl (C=O) groups is 1. The van der Waals surface area contributed by atoms with E-state index in [1.165, 1.54) is 0 Å². The molecule has 0 amide bonds. The molecule has 0 unspecified atom stereocenters. The van der Waals surface area contributed by atoms with Crippen molar-refractivity contribution in [1.82, 2.24) is 4.98 Å². The quantitative estimate of drug-likeness (QED) is 0.683. The molecule has 1 N–H and O–H groups in total. The summed E-state index contributed by atoms with van der Waals surface area (Å²) in [5.41, 5.74) is 1.45. The van der Waals surface area contributed by atoms with E-state index in [9.17, 15) is 4.79 Å². The first-order chi connectivity index (χ1) is 6.60. The van der Waals surface area contributed by atoms with Gasteiger partial charge in [0.1, 0.15) is 5.15 Å². The van der Waals surface area contributed by atoms with Crippen LogP contribution in [0.4, 0.5) is 0 Å². The van der Waals surface area contributed by atoms with Gasteiger partial charge in [0.05, 0.1) is 11.3 Å². The number of hydrogen-bond acceptors (Lipinski definition) is 2. The fourth-order valence-electron chi connectivity index (χ4n) is 1.25. The van der Waals surface area contributed by atoms with E-state index in [2.05, 4.69) is 20.9 Å². The van der Waals surface area contributed by atoms with E-state index in [4.69, 9.17) is 16.7 Å². The minimum Gasteiger partial charge on any atom is -0.478 e. The maximum Gasteiger partial charge on any atom is 0.337 e. The number of hydrogen-bond donors (Lipinski definition) is 1. The van der Waals surface area contributed by atoms with E-state index >= 15 is 0 Å². The molecule has 0 saturated heterocycles. The third-order valence-corrected chi connectivity index (χ3v) is 2.59. The number of aromatic nitrogens is 1. The lowest BCUT2D eigenvalue weighted by atomic mass is 10.1. The SMILES string of the molecule is CCc1cc(Cl)nc(CBr)c1C(=O)O. The Labute approximate surface area is 95.2 Å². The number of alkyl halides is 1. The maximum atomic E-state index is 11.0. The summed E-state index contributed by atoms with van der Waals surface area (Å²) in [5.74, 6) is -0.958. The first-order valence-electron chi connectivity index (χ1n) is 4.07. The average molecular weight is 279 g/mol. The smallest absolute Gasteiger partial charge is 0.337 e. The molecule has 0 atom stereocenters. The van der Waals surface area contributed by atoms with E-state index in [-0.39, 0.29) is 5.56 Å². The highest BCUT2D eigenvalue weighted by molar-refractivity contribution is 9.08. The molecule has 0 aliphatic carbocycles. The minimum atomic E-state index is -0.958. The standard InChI is InChI=1S/C9H9BrClNO2/c1-2-5-3-7(11)12-6(4-10)8(5)9(13)14/h3H,2,4H2,1H3,(H,13,14). The molecule has 0 fully saturated rings. The summed E-state index contributed by atoms with van der Waals surface area (Å²) in [6.07, 6.45) is 0.629. The van der Waals surface area contributed by atoms with E-state index in [0.29, 0.717) is 28.2 Å². The van der Waals surface area contributed by atoms with Gasteiger partial charge in [-0.3, -0.25) is 0 Å². The Morgan fingerprint density at radius 3 is 2.79 bits per heavy atom. The van der Waals surface area contributed by atoms with Gasteiger partial charge < -0.3 is 5.11 Å². The van der Waals surface area contributed by atoms with Crippen LogP contribution in [-0.4, -0.2) is 16.1 Å². The normalized spacial score (nSPS) is 10.2. The van der Waals surface area contributed by atoms with E-state index < -0.39 is 5.97 Å². The molecular formula is C9H9BrClNO2. The van der Waals surface area contributed by atoms with Crippen LogP contribution in [0.15, 0.2) is 6.07 Å². The fourth-order valence-corrected chi connectivity index (χ4v) is 1.89. The van der Waals surface area contributed by atoms with Gasteiger partial charge in [-0.05, 0) is 18.1 Å². The summed E-state index contributed by atoms with van der Waals surface area (Å²) in [4.78, 5) is 14.9. The number of rotatable bonds is 3. The zero-order valence-corrected chi connectivity index (χ0v) is 9.89. The molecule has 5 heteroatoms. The van der Waals surface area contributed by atoms with Crippen LogP contribution in [0.25, 0.3) is 0 Å². The van der Waals surface area contributed by atoms with Crippen molar-refractivity contribution in [1.29, 1.82) is 0 Å². The Hall–Kier alpha value is -0.610. The molecule has 76 valence electrons. The lowest BCUT2D eigenvalue weighted by Gasteiger charge is -2.07. The summed E-state index contributed by atoms with van der Waals surface area (Å²) in [6, 6.07) is 1.59. The van der Waals surface area contributed by atoms with Gasteiger partial charge in [0, 0.05) is 5.33 Å². The Balaban J connectivity index is 3.40. The second kappa shape index (κ2) is 4.75. The monoisotopic (exact) mass is 277 g/mol. The molecule has 0 bridgehead atoms. The minimum absolute atomic E-state index is 0.258. The van der Waals surface area contributed by atoms with Crippen molar-refractivity contribution in [3.63, 3.8) is 0 Å². The van der Waals surface area contributed by atoms with Crippen LogP contribution in [-0.2, 0) is 11.8 Å². The van der Waals surface area contributed by atoms with Crippen LogP contribution >= 0.6 is 27.5 Å². The van der Waals surface area contributed by atoms with Crippen molar-refractivity contribution >= 4 is 33.5 Å². The molecule has 0 saturated carbocycles. The topological polar surface area (TPSA) is 50.2 Å². The highest BCUT2D eigenvalue weighted by Gasteiger charge is 2.16. The lowest BCUT2D eigenvalue weighted by molar-refractivity contribution is 0.0694. The number of aryl methyl sites for hydroxylation is 1. The van der Waals surface area contributed by atoms with Gasteiger partial charge in [-0.15, -0.1) is 0 Å². The van der Waals surface area contributed by atoms with Crippen LogP contribution in [0.3, 0.4) is 0 Å². The number of nitrogens with zero attached hydrogens (tertiary/aromatic N) is 1. The van der Waals surface area contributed by atoms with Gasteiger partial charge in [-0.25, -0.2) is 9.78 Å². The molecule has 0 aliphatic rings. The molecule has 14 heavy (non-hydrogen) atoms. The van der Waals surface area contributed by atoms with Crippen LogP contribution in [0.1, 0.15) is 28.5 Å². The van der Waals surface area contributed by atoms with Crippen molar-refractivity contribution in [2.45, 2.75) is 18.7 Å². The zero-order valence-electron chi connectivity index (χ0n) is 7.55. The van der Waals surface area contributed by atoms with Crippen molar-refractivity contribution < 1.29 is 9.90 Å². The lowest BCUT2D eigenvalue weighted by Crippen LogP contribution is -2.08. The van der Waals surface area contributed by atoms with Crippen LogP contribution in [0.5, 0.6) is 0 Å². The van der Waals surface area contributed by atoms with Crippen molar-refractivity contribution in [3.05, 3.63) is 28.0 Å². The molecule has 1 heterocycles. The second-order valence-electron chi connectivity index (χ2n) is 2.72. The Bertz CT molecular complexity index is 343. The predicted octanol–water partition coefficient (Wildman–Crippen LogP) is 2.89. The third kappa shape index (κ3) is 2.25. The molecule has 1 rings (SSSR count). The van der Waals surface area contributed by atoms with Crippen molar-refractivity contribution in [2.75, 3.05) is 0 Å². The molecule has 0 radical (unpaired) electrons. The van der Waals surface area contributed by atoms with Gasteiger partial charge >= 0.3 is 5.97 Å². The summed E-state index contributed by atoms with van der Waals surface area (Å²) in [7, 11) is 0. The van der Waals surface area contributed by atoms with Gasteiger partial charge in [0.2, 0.25) is 0 Å². The van der Waals surface area contributed by atoms with Crippen LogP contribution in [0.2, 0.25) is 5.15 Å². The first kappa shape index (κ1) is 11.5. The molecule has 0 spiro atoms. The number of halogens is 2. The predicted molar refractivity (Wildman–Crippen MR) is 58.2 cm³/mol. The highest BCUT2D eigenvalue weighted by atomic mass is 79.9. The first-order valence-corrected chi connectivity index (χ1v) is 5.57. The number of pyridine rings is 1. The van der Waals surface area contributed by atoms with Gasteiger partial charge in [0.25, 0.3) is 0 Å². The summed E-state index contributed by atoms with van der Waals surface area (Å²) >= 11 is 8.95. The summed E-state index contributed by atoms with van der Waals surface area (Å²) < 4.78 is 0.